The molecule has 0 saturated carbocycles. The van der Waals surface area contributed by atoms with Gasteiger partial charge >= 0.3 is 0 Å². The molecule has 0 N–H and O–H groups in total. The van der Waals surface area contributed by atoms with E-state index in [4.69, 9.17) is 9.15 Å². The molecule has 1 atom stereocenters. The predicted molar refractivity (Wildman–Crippen MR) is 103 cm³/mol. The standard InChI is InChI=1S/C22H28N2O3/c1-23(16-18-5-3-2-4-6-18)20-8-14-27-22(15-20)9-11-24(12-10-22)21(25)19-7-13-26-17-19/h2-7,13,17,20H,8-12,14-16H2,1H3/t20-/m0/s1. The van der Waals surface area contributed by atoms with Crippen molar-refractivity contribution in [3.63, 3.8) is 0 Å². The van der Waals surface area contributed by atoms with Crippen molar-refractivity contribution in [2.45, 2.75) is 43.9 Å². The summed E-state index contributed by atoms with van der Waals surface area (Å²) < 4.78 is 11.3. The first-order valence-electron chi connectivity index (χ1n) is 9.85. The van der Waals surface area contributed by atoms with Crippen LogP contribution in [0, 0.1) is 0 Å². The number of likely N-dealkylation sites (tertiary alicyclic amines) is 1. The Morgan fingerprint density at radius 2 is 2.00 bits per heavy atom. The minimum atomic E-state index is -0.0823. The molecule has 2 aromatic rings. The van der Waals surface area contributed by atoms with E-state index in [0.717, 1.165) is 51.9 Å². The second kappa shape index (κ2) is 7.87. The third-order valence-electron chi connectivity index (χ3n) is 6.10. The van der Waals surface area contributed by atoms with E-state index >= 15 is 0 Å². The molecule has 1 spiro atoms. The summed E-state index contributed by atoms with van der Waals surface area (Å²) in [6, 6.07) is 12.9. The van der Waals surface area contributed by atoms with Crippen molar-refractivity contribution in [2.24, 2.45) is 0 Å². The first-order chi connectivity index (χ1) is 13.2. The van der Waals surface area contributed by atoms with Crippen LogP contribution in [0.15, 0.2) is 53.3 Å². The van der Waals surface area contributed by atoms with E-state index in [1.54, 1.807) is 12.3 Å². The third-order valence-corrected chi connectivity index (χ3v) is 6.10. The molecule has 1 aromatic heterocycles. The molecule has 1 amide bonds. The number of furan rings is 1. The van der Waals surface area contributed by atoms with Gasteiger partial charge in [0, 0.05) is 32.3 Å². The molecule has 2 aliphatic rings. The van der Waals surface area contributed by atoms with Gasteiger partial charge in [-0.1, -0.05) is 30.3 Å². The van der Waals surface area contributed by atoms with Gasteiger partial charge in [-0.05, 0) is 44.4 Å². The SMILES string of the molecule is CN(Cc1ccccc1)[C@H]1CCOC2(CCN(C(=O)c3ccoc3)CC2)C1. The fourth-order valence-electron chi connectivity index (χ4n) is 4.41. The highest BCUT2D eigenvalue weighted by Crippen LogP contribution is 2.37. The Hall–Kier alpha value is -2.11. The van der Waals surface area contributed by atoms with Gasteiger partial charge in [0.25, 0.3) is 5.91 Å². The van der Waals surface area contributed by atoms with Gasteiger partial charge in [-0.25, -0.2) is 0 Å². The Balaban J connectivity index is 1.35. The van der Waals surface area contributed by atoms with Gasteiger partial charge in [-0.15, -0.1) is 0 Å². The van der Waals surface area contributed by atoms with Crippen LogP contribution in [-0.2, 0) is 11.3 Å². The summed E-state index contributed by atoms with van der Waals surface area (Å²) >= 11 is 0. The van der Waals surface area contributed by atoms with Crippen LogP contribution in [0.4, 0.5) is 0 Å². The first kappa shape index (κ1) is 18.3. The highest BCUT2D eigenvalue weighted by atomic mass is 16.5. The number of hydrogen-bond donors (Lipinski definition) is 0. The molecule has 1 aromatic carbocycles. The lowest BCUT2D eigenvalue weighted by Crippen LogP contribution is -2.53. The van der Waals surface area contributed by atoms with E-state index in [2.05, 4.69) is 42.3 Å². The van der Waals surface area contributed by atoms with Gasteiger partial charge in [0.15, 0.2) is 0 Å². The Morgan fingerprint density at radius 1 is 1.22 bits per heavy atom. The number of hydrogen-bond acceptors (Lipinski definition) is 4. The van der Waals surface area contributed by atoms with Crippen LogP contribution in [0.5, 0.6) is 0 Å². The van der Waals surface area contributed by atoms with E-state index < -0.39 is 0 Å². The zero-order valence-electron chi connectivity index (χ0n) is 16.0. The van der Waals surface area contributed by atoms with Crippen molar-refractivity contribution < 1.29 is 13.9 Å². The van der Waals surface area contributed by atoms with E-state index in [-0.39, 0.29) is 11.5 Å². The topological polar surface area (TPSA) is 45.9 Å². The number of nitrogens with zero attached hydrogens (tertiary/aromatic N) is 2. The van der Waals surface area contributed by atoms with E-state index in [1.165, 1.54) is 11.8 Å². The largest absolute Gasteiger partial charge is 0.472 e. The summed E-state index contributed by atoms with van der Waals surface area (Å²) in [7, 11) is 2.22. The second-order valence-corrected chi connectivity index (χ2v) is 7.88. The molecule has 4 rings (SSSR count). The number of benzene rings is 1. The van der Waals surface area contributed by atoms with Crippen LogP contribution in [0.1, 0.15) is 41.6 Å². The molecule has 0 radical (unpaired) electrons. The van der Waals surface area contributed by atoms with Crippen molar-refractivity contribution in [3.8, 4) is 0 Å². The van der Waals surface area contributed by atoms with Crippen molar-refractivity contribution in [2.75, 3.05) is 26.7 Å². The lowest BCUT2D eigenvalue weighted by Gasteiger charge is -2.48. The lowest BCUT2D eigenvalue weighted by molar-refractivity contribution is -0.128. The van der Waals surface area contributed by atoms with Gasteiger partial charge in [0.05, 0.1) is 17.4 Å². The Labute approximate surface area is 160 Å². The van der Waals surface area contributed by atoms with Crippen molar-refractivity contribution in [3.05, 3.63) is 60.1 Å². The number of piperidine rings is 1. The molecule has 2 aliphatic heterocycles. The average molecular weight is 368 g/mol. The average Bonchev–Trinajstić information content (AvgIpc) is 3.24. The summed E-state index contributed by atoms with van der Waals surface area (Å²) in [6.07, 6.45) is 7.01. The summed E-state index contributed by atoms with van der Waals surface area (Å²) in [4.78, 5) is 16.9. The quantitative estimate of drug-likeness (QED) is 0.828. The fourth-order valence-corrected chi connectivity index (χ4v) is 4.41. The smallest absolute Gasteiger partial charge is 0.257 e. The van der Waals surface area contributed by atoms with Gasteiger partial charge in [-0.2, -0.15) is 0 Å². The molecule has 5 nitrogen and oxygen atoms in total. The van der Waals surface area contributed by atoms with Crippen LogP contribution < -0.4 is 0 Å². The van der Waals surface area contributed by atoms with Crippen LogP contribution in [0.25, 0.3) is 0 Å². The summed E-state index contributed by atoms with van der Waals surface area (Å²) in [5.41, 5.74) is 1.90. The predicted octanol–water partition coefficient (Wildman–Crippen LogP) is 3.57. The number of ether oxygens (including phenoxy) is 1. The van der Waals surface area contributed by atoms with Crippen LogP contribution in [0.3, 0.4) is 0 Å². The molecule has 144 valence electrons. The van der Waals surface area contributed by atoms with Crippen molar-refractivity contribution in [1.82, 2.24) is 9.80 Å². The third kappa shape index (κ3) is 4.09. The van der Waals surface area contributed by atoms with Gasteiger partial charge in [-0.3, -0.25) is 9.69 Å². The van der Waals surface area contributed by atoms with Crippen LogP contribution >= 0.6 is 0 Å². The highest BCUT2D eigenvalue weighted by Gasteiger charge is 2.42. The normalized spacial score (nSPS) is 22.3. The lowest BCUT2D eigenvalue weighted by atomic mass is 9.81. The van der Waals surface area contributed by atoms with E-state index in [0.29, 0.717) is 11.6 Å². The maximum absolute atomic E-state index is 12.5. The molecule has 5 heteroatoms. The fraction of sp³-hybridized carbons (Fsp3) is 0.500. The molecular formula is C22H28N2O3. The zero-order chi connectivity index (χ0) is 18.7. The zero-order valence-corrected chi connectivity index (χ0v) is 16.0. The monoisotopic (exact) mass is 368 g/mol. The van der Waals surface area contributed by atoms with Crippen molar-refractivity contribution >= 4 is 5.91 Å². The van der Waals surface area contributed by atoms with Gasteiger partial charge in [0.1, 0.15) is 6.26 Å². The minimum Gasteiger partial charge on any atom is -0.472 e. The Bertz CT molecular complexity index is 736. The molecule has 0 aliphatic carbocycles. The second-order valence-electron chi connectivity index (χ2n) is 7.88. The minimum absolute atomic E-state index is 0.0622. The van der Waals surface area contributed by atoms with E-state index in [9.17, 15) is 4.79 Å². The molecule has 3 heterocycles. The number of carbonyl (C=O) groups excluding carboxylic acids is 1. The summed E-state index contributed by atoms with van der Waals surface area (Å²) in [6.45, 7) is 3.27. The van der Waals surface area contributed by atoms with Crippen LogP contribution in [-0.4, -0.2) is 54.1 Å². The highest BCUT2D eigenvalue weighted by molar-refractivity contribution is 5.93. The molecule has 2 saturated heterocycles. The molecular weight excluding hydrogens is 340 g/mol. The molecule has 0 bridgehead atoms. The molecule has 2 fully saturated rings. The number of amides is 1. The Kier molecular flexibility index (Phi) is 5.32. The van der Waals surface area contributed by atoms with E-state index in [1.807, 2.05) is 4.90 Å². The Morgan fingerprint density at radius 3 is 2.70 bits per heavy atom. The number of rotatable bonds is 4. The first-order valence-corrected chi connectivity index (χ1v) is 9.85. The molecule has 27 heavy (non-hydrogen) atoms. The van der Waals surface area contributed by atoms with Crippen molar-refractivity contribution in [1.29, 1.82) is 0 Å². The maximum atomic E-state index is 12.5. The van der Waals surface area contributed by atoms with Crippen LogP contribution in [0.2, 0.25) is 0 Å². The molecule has 0 unspecified atom stereocenters. The summed E-state index contributed by atoms with van der Waals surface area (Å²) in [5, 5.41) is 0. The van der Waals surface area contributed by atoms with Gasteiger partial charge in [0.2, 0.25) is 0 Å². The maximum Gasteiger partial charge on any atom is 0.257 e. The summed E-state index contributed by atoms with van der Waals surface area (Å²) in [5.74, 6) is 0.0622. The number of carbonyl (C=O) groups is 1. The van der Waals surface area contributed by atoms with Gasteiger partial charge < -0.3 is 14.1 Å².